The molecule has 2 N–H and O–H groups in total. The average Bonchev–Trinajstić information content (AvgIpc) is 2.10. The third-order valence-electron chi connectivity index (χ3n) is 1.33. The van der Waals surface area contributed by atoms with Gasteiger partial charge in [0.15, 0.2) is 0 Å². The van der Waals surface area contributed by atoms with Gasteiger partial charge in [-0.2, -0.15) is 0 Å². The Kier molecular flexibility index (Phi) is 6.09. The minimum atomic E-state index is -1.04. The van der Waals surface area contributed by atoms with E-state index in [9.17, 15) is 9.59 Å². The van der Waals surface area contributed by atoms with Crippen LogP contribution >= 0.6 is 0 Å². The largest absolute Gasteiger partial charge is 0.463 e. The predicted molar refractivity (Wildman–Crippen MR) is 44.0 cm³/mol. The maximum Gasteiger partial charge on any atom is 0.306 e. The van der Waals surface area contributed by atoms with Crippen LogP contribution in [0.4, 0.5) is 0 Å². The van der Waals surface area contributed by atoms with Crippen molar-refractivity contribution >= 4 is 11.8 Å². The Bertz CT molecular complexity index is 177. The van der Waals surface area contributed by atoms with Crippen LogP contribution in [0.25, 0.3) is 0 Å². The van der Waals surface area contributed by atoms with Crippen LogP contribution in [0.15, 0.2) is 0 Å². The number of ketones is 1. The van der Waals surface area contributed by atoms with Crippen molar-refractivity contribution in [1.29, 1.82) is 0 Å². The molecule has 0 amide bonds. The summed E-state index contributed by atoms with van der Waals surface area (Å²) >= 11 is 0. The van der Waals surface area contributed by atoms with Gasteiger partial charge in [-0.3, -0.25) is 4.79 Å². The van der Waals surface area contributed by atoms with Crippen LogP contribution in [-0.2, 0) is 14.3 Å². The van der Waals surface area contributed by atoms with E-state index in [0.717, 1.165) is 0 Å². The van der Waals surface area contributed by atoms with Crippen LogP contribution in [-0.4, -0.2) is 41.3 Å². The van der Waals surface area contributed by atoms with E-state index in [4.69, 9.17) is 10.2 Å². The maximum atomic E-state index is 10.8. The van der Waals surface area contributed by atoms with Crippen molar-refractivity contribution in [1.82, 2.24) is 0 Å². The standard InChI is InChI=1S/C8H14O5/c1-6(10)2-3-8(12)13-5-7(11)4-9/h7,9,11H,2-5H2,1H3/t7-/m0/s1. The Labute approximate surface area is 76.3 Å². The monoisotopic (exact) mass is 190 g/mol. The number of esters is 1. The van der Waals surface area contributed by atoms with Gasteiger partial charge in [0, 0.05) is 6.42 Å². The molecule has 0 aliphatic rings. The van der Waals surface area contributed by atoms with Crippen LogP contribution in [0.1, 0.15) is 19.8 Å². The first-order chi connectivity index (χ1) is 6.06. The molecule has 13 heavy (non-hydrogen) atoms. The number of aliphatic hydroxyl groups is 2. The number of carbonyl (C=O) groups is 2. The first-order valence-corrected chi connectivity index (χ1v) is 4.00. The molecule has 0 saturated carbocycles. The summed E-state index contributed by atoms with van der Waals surface area (Å²) < 4.78 is 4.54. The van der Waals surface area contributed by atoms with Gasteiger partial charge in [0.05, 0.1) is 13.0 Å². The molecule has 0 radical (unpaired) electrons. The van der Waals surface area contributed by atoms with Gasteiger partial charge < -0.3 is 19.7 Å². The second-order valence-electron chi connectivity index (χ2n) is 2.72. The van der Waals surface area contributed by atoms with Crippen molar-refractivity contribution in [3.63, 3.8) is 0 Å². The van der Waals surface area contributed by atoms with Gasteiger partial charge in [-0.15, -0.1) is 0 Å². The highest BCUT2D eigenvalue weighted by atomic mass is 16.5. The third kappa shape index (κ3) is 7.42. The summed E-state index contributed by atoms with van der Waals surface area (Å²) in [5, 5.41) is 17.2. The van der Waals surface area contributed by atoms with Crippen LogP contribution in [0, 0.1) is 0 Å². The van der Waals surface area contributed by atoms with Gasteiger partial charge in [0.1, 0.15) is 18.5 Å². The summed E-state index contributed by atoms with van der Waals surface area (Å²) in [6.07, 6.45) is -0.872. The van der Waals surface area contributed by atoms with Crippen molar-refractivity contribution in [2.24, 2.45) is 0 Å². The van der Waals surface area contributed by atoms with Crippen LogP contribution < -0.4 is 0 Å². The number of hydrogen-bond acceptors (Lipinski definition) is 5. The highest BCUT2D eigenvalue weighted by Gasteiger charge is 2.08. The second kappa shape index (κ2) is 6.56. The number of carbonyl (C=O) groups excluding carboxylic acids is 2. The Balaban J connectivity index is 3.46. The molecule has 0 bridgehead atoms. The van der Waals surface area contributed by atoms with E-state index >= 15 is 0 Å². The summed E-state index contributed by atoms with van der Waals surface area (Å²) in [4.78, 5) is 21.2. The zero-order chi connectivity index (χ0) is 10.3. The van der Waals surface area contributed by atoms with Gasteiger partial charge in [0.25, 0.3) is 0 Å². The van der Waals surface area contributed by atoms with Gasteiger partial charge in [-0.05, 0) is 6.92 Å². The SMILES string of the molecule is CC(=O)CCC(=O)OC[C@@H](O)CO. The van der Waals surface area contributed by atoms with E-state index in [1.807, 2.05) is 0 Å². The van der Waals surface area contributed by atoms with E-state index in [-0.39, 0.29) is 25.2 Å². The highest BCUT2D eigenvalue weighted by molar-refractivity contribution is 5.80. The number of aliphatic hydroxyl groups excluding tert-OH is 2. The lowest BCUT2D eigenvalue weighted by Gasteiger charge is -2.07. The van der Waals surface area contributed by atoms with E-state index in [1.165, 1.54) is 6.92 Å². The first-order valence-electron chi connectivity index (χ1n) is 4.00. The van der Waals surface area contributed by atoms with Gasteiger partial charge >= 0.3 is 5.97 Å². The molecule has 0 heterocycles. The molecule has 1 atom stereocenters. The van der Waals surface area contributed by atoms with Crippen molar-refractivity contribution in [2.45, 2.75) is 25.9 Å². The van der Waals surface area contributed by atoms with Crippen molar-refractivity contribution in [3.8, 4) is 0 Å². The summed E-state index contributed by atoms with van der Waals surface area (Å²) in [6.45, 7) is 0.711. The average molecular weight is 190 g/mol. The number of Topliss-reactive ketones (excluding diaryl/α,β-unsaturated/α-hetero) is 1. The van der Waals surface area contributed by atoms with Crippen molar-refractivity contribution in [2.75, 3.05) is 13.2 Å². The molecule has 76 valence electrons. The van der Waals surface area contributed by atoms with E-state index in [2.05, 4.69) is 4.74 Å². The fourth-order valence-electron chi connectivity index (χ4n) is 0.592. The number of rotatable bonds is 6. The molecule has 0 aromatic carbocycles. The molecule has 0 aromatic heterocycles. The fraction of sp³-hybridized carbons (Fsp3) is 0.750. The summed E-state index contributed by atoms with van der Waals surface area (Å²) in [7, 11) is 0. The Morgan fingerprint density at radius 3 is 2.46 bits per heavy atom. The quantitative estimate of drug-likeness (QED) is 0.538. The summed E-state index contributed by atoms with van der Waals surface area (Å²) in [5.41, 5.74) is 0. The van der Waals surface area contributed by atoms with Crippen LogP contribution in [0.5, 0.6) is 0 Å². The van der Waals surface area contributed by atoms with Gasteiger partial charge in [-0.1, -0.05) is 0 Å². The molecule has 0 spiro atoms. The zero-order valence-corrected chi connectivity index (χ0v) is 7.52. The van der Waals surface area contributed by atoms with Crippen molar-refractivity contribution in [3.05, 3.63) is 0 Å². The molecule has 0 rings (SSSR count). The Hall–Kier alpha value is -0.940. The number of ether oxygens (including phenoxy) is 1. The van der Waals surface area contributed by atoms with E-state index in [1.54, 1.807) is 0 Å². The molecular weight excluding hydrogens is 176 g/mol. The van der Waals surface area contributed by atoms with Crippen LogP contribution in [0.2, 0.25) is 0 Å². The molecule has 5 heteroatoms. The normalized spacial score (nSPS) is 12.2. The van der Waals surface area contributed by atoms with Crippen LogP contribution in [0.3, 0.4) is 0 Å². The lowest BCUT2D eigenvalue weighted by Crippen LogP contribution is -2.22. The minimum Gasteiger partial charge on any atom is -0.463 e. The smallest absolute Gasteiger partial charge is 0.306 e. The molecule has 0 unspecified atom stereocenters. The molecular formula is C8H14O5. The van der Waals surface area contributed by atoms with Gasteiger partial charge in [-0.25, -0.2) is 0 Å². The molecule has 0 aliphatic heterocycles. The topological polar surface area (TPSA) is 83.8 Å². The molecule has 0 fully saturated rings. The Morgan fingerprint density at radius 2 is 2.00 bits per heavy atom. The summed E-state index contributed by atoms with van der Waals surface area (Å²) in [5.74, 6) is -0.623. The second-order valence-corrected chi connectivity index (χ2v) is 2.72. The van der Waals surface area contributed by atoms with Gasteiger partial charge in [0.2, 0.25) is 0 Å². The fourth-order valence-corrected chi connectivity index (χ4v) is 0.592. The predicted octanol–water partition coefficient (Wildman–Crippen LogP) is -0.748. The first kappa shape index (κ1) is 12.1. The summed E-state index contributed by atoms with van der Waals surface area (Å²) in [6, 6.07) is 0. The van der Waals surface area contributed by atoms with E-state index in [0.29, 0.717) is 0 Å². The Morgan fingerprint density at radius 1 is 1.38 bits per heavy atom. The third-order valence-corrected chi connectivity index (χ3v) is 1.33. The minimum absolute atomic E-state index is 0.0213. The maximum absolute atomic E-state index is 10.8. The molecule has 5 nitrogen and oxygen atoms in total. The highest BCUT2D eigenvalue weighted by Crippen LogP contribution is 1.95. The lowest BCUT2D eigenvalue weighted by molar-refractivity contribution is -0.148. The number of hydrogen-bond donors (Lipinski definition) is 2. The molecule has 0 aliphatic carbocycles. The van der Waals surface area contributed by atoms with Crippen molar-refractivity contribution < 1.29 is 24.5 Å². The molecule has 0 saturated heterocycles. The lowest BCUT2D eigenvalue weighted by atomic mass is 10.2. The van der Waals surface area contributed by atoms with E-state index < -0.39 is 18.7 Å². The molecule has 0 aromatic rings. The zero-order valence-electron chi connectivity index (χ0n) is 7.52.